The number of carbonyl (C=O) groups excluding carboxylic acids is 1. The molecular weight excluding hydrogens is 384 g/mol. The Bertz CT molecular complexity index is 850. The highest BCUT2D eigenvalue weighted by molar-refractivity contribution is 6.30. The first kappa shape index (κ1) is 21.6. The predicted octanol–water partition coefficient (Wildman–Crippen LogP) is 4.61. The number of hydrogen-bond donors (Lipinski definition) is 3. The molecule has 3 atom stereocenters. The van der Waals surface area contributed by atoms with Gasteiger partial charge in [0.15, 0.2) is 0 Å². The Morgan fingerprint density at radius 1 is 1.24 bits per heavy atom. The summed E-state index contributed by atoms with van der Waals surface area (Å²) in [6.07, 6.45) is 3.28. The Balaban J connectivity index is 1.62. The molecule has 1 aliphatic carbocycles. The van der Waals surface area contributed by atoms with Crippen molar-refractivity contribution in [2.75, 3.05) is 13.2 Å². The van der Waals surface area contributed by atoms with Crippen LogP contribution < -0.4 is 10.6 Å². The Morgan fingerprint density at radius 2 is 2.00 bits per heavy atom. The molecule has 0 radical (unpaired) electrons. The molecule has 1 saturated carbocycles. The number of nitrogens with one attached hydrogen (secondary N) is 2. The lowest BCUT2D eigenvalue weighted by Gasteiger charge is -2.24. The Morgan fingerprint density at radius 3 is 2.66 bits per heavy atom. The van der Waals surface area contributed by atoms with E-state index in [1.165, 1.54) is 5.56 Å². The fourth-order valence-corrected chi connectivity index (χ4v) is 4.26. The van der Waals surface area contributed by atoms with Gasteiger partial charge in [0, 0.05) is 23.2 Å². The van der Waals surface area contributed by atoms with Crippen molar-refractivity contribution in [2.45, 2.75) is 44.2 Å². The van der Waals surface area contributed by atoms with Crippen molar-refractivity contribution in [3.05, 3.63) is 82.4 Å². The molecule has 0 aromatic heterocycles. The summed E-state index contributed by atoms with van der Waals surface area (Å²) in [4.78, 5) is 12.0. The van der Waals surface area contributed by atoms with Crippen LogP contribution in [0.3, 0.4) is 0 Å². The number of amides is 1. The monoisotopic (exact) mass is 412 g/mol. The second-order valence-electron chi connectivity index (χ2n) is 7.81. The zero-order chi connectivity index (χ0) is 20.8. The molecule has 1 unspecified atom stereocenters. The first-order valence-corrected chi connectivity index (χ1v) is 10.5. The van der Waals surface area contributed by atoms with Crippen molar-refractivity contribution in [2.24, 2.45) is 0 Å². The van der Waals surface area contributed by atoms with E-state index < -0.39 is 0 Å². The van der Waals surface area contributed by atoms with Crippen LogP contribution in [-0.4, -0.2) is 30.2 Å². The topological polar surface area (TPSA) is 61.4 Å². The van der Waals surface area contributed by atoms with Crippen molar-refractivity contribution in [3.8, 4) is 0 Å². The number of hydrogen-bond acceptors (Lipinski definition) is 3. The highest BCUT2D eigenvalue weighted by atomic mass is 35.5. The number of aliphatic hydroxyl groups is 1. The lowest BCUT2D eigenvalue weighted by molar-refractivity contribution is 0.0944. The quantitative estimate of drug-likeness (QED) is 0.555. The Hall–Kier alpha value is -2.14. The maximum atomic E-state index is 12.0. The summed E-state index contributed by atoms with van der Waals surface area (Å²) in [6, 6.07) is 16.3. The molecule has 0 spiro atoms. The number of carbonyl (C=O) groups is 1. The fraction of sp³-hybridized carbons (Fsp3) is 0.375. The van der Waals surface area contributed by atoms with E-state index in [0.717, 1.165) is 35.4 Å². The second-order valence-corrected chi connectivity index (χ2v) is 8.25. The lowest BCUT2D eigenvalue weighted by Crippen LogP contribution is -2.31. The van der Waals surface area contributed by atoms with Gasteiger partial charge < -0.3 is 15.7 Å². The molecule has 0 heterocycles. The number of aliphatic hydroxyl groups excluding tert-OH is 1. The molecule has 3 N–H and O–H groups in total. The van der Waals surface area contributed by atoms with E-state index in [2.05, 4.69) is 23.3 Å². The van der Waals surface area contributed by atoms with Gasteiger partial charge in [-0.2, -0.15) is 0 Å². The Labute approximate surface area is 178 Å². The van der Waals surface area contributed by atoms with E-state index in [0.29, 0.717) is 17.5 Å². The van der Waals surface area contributed by atoms with Crippen LogP contribution in [0.15, 0.2) is 60.7 Å². The van der Waals surface area contributed by atoms with Crippen molar-refractivity contribution in [1.29, 1.82) is 0 Å². The maximum absolute atomic E-state index is 12.0. The Kier molecular flexibility index (Phi) is 7.48. The summed E-state index contributed by atoms with van der Waals surface area (Å²) < 4.78 is 0. The highest BCUT2D eigenvalue weighted by Crippen LogP contribution is 2.36. The minimum Gasteiger partial charge on any atom is -0.395 e. The molecule has 2 aromatic carbocycles. The van der Waals surface area contributed by atoms with Gasteiger partial charge in [0.25, 0.3) is 5.91 Å². The van der Waals surface area contributed by atoms with Gasteiger partial charge >= 0.3 is 0 Å². The average Bonchev–Trinajstić information content (AvgIpc) is 3.19. The minimum atomic E-state index is -0.151. The summed E-state index contributed by atoms with van der Waals surface area (Å²) in [5.41, 5.74) is 4.11. The third-order valence-corrected chi connectivity index (χ3v) is 5.79. The summed E-state index contributed by atoms with van der Waals surface area (Å²) in [6.45, 7) is 6.43. The molecule has 154 valence electrons. The van der Waals surface area contributed by atoms with Crippen LogP contribution in [0.1, 0.15) is 59.6 Å². The van der Waals surface area contributed by atoms with Gasteiger partial charge in [0.1, 0.15) is 0 Å². The minimum absolute atomic E-state index is 0.0549. The number of halogens is 1. The molecular formula is C24H29ClN2O2. The molecule has 1 aliphatic rings. The van der Waals surface area contributed by atoms with Crippen LogP contribution in [0.5, 0.6) is 0 Å². The molecule has 0 bridgehead atoms. The summed E-state index contributed by atoms with van der Waals surface area (Å²) >= 11 is 6.18. The van der Waals surface area contributed by atoms with Gasteiger partial charge in [0.05, 0.1) is 12.6 Å². The predicted molar refractivity (Wildman–Crippen MR) is 118 cm³/mol. The first-order chi connectivity index (χ1) is 14.0. The third-order valence-electron chi connectivity index (χ3n) is 5.55. The van der Waals surface area contributed by atoms with Crippen LogP contribution in [0.25, 0.3) is 0 Å². The fourth-order valence-electron chi connectivity index (χ4n) is 4.06. The van der Waals surface area contributed by atoms with E-state index in [9.17, 15) is 4.79 Å². The molecule has 29 heavy (non-hydrogen) atoms. The largest absolute Gasteiger partial charge is 0.395 e. The van der Waals surface area contributed by atoms with E-state index >= 15 is 0 Å². The maximum Gasteiger partial charge on any atom is 0.251 e. The van der Waals surface area contributed by atoms with Crippen LogP contribution in [0.2, 0.25) is 5.02 Å². The van der Waals surface area contributed by atoms with Crippen molar-refractivity contribution >= 4 is 17.5 Å². The molecule has 1 amide bonds. The van der Waals surface area contributed by atoms with Crippen molar-refractivity contribution in [1.82, 2.24) is 10.6 Å². The molecule has 0 saturated heterocycles. The van der Waals surface area contributed by atoms with Gasteiger partial charge in [-0.05, 0) is 67.5 Å². The zero-order valence-corrected chi connectivity index (χ0v) is 17.6. The van der Waals surface area contributed by atoms with Crippen LogP contribution >= 0.6 is 11.6 Å². The standard InChI is InChI=1S/C24H29ClN2O2/c1-16(2)23(20-4-3-5-21(25)14-20)27-22-11-10-19(15-22)17-6-8-18(9-7-17)24(29)26-12-13-28/h3-9,14,19,22-23,27-28H,1,10-13,15H2,2H3,(H,26,29)/t19-,22?,23+/m0/s1. The van der Waals surface area contributed by atoms with Gasteiger partial charge in [-0.15, -0.1) is 0 Å². The van der Waals surface area contributed by atoms with Crippen molar-refractivity contribution in [3.63, 3.8) is 0 Å². The summed E-state index contributed by atoms with van der Waals surface area (Å²) in [5.74, 6) is 0.328. The molecule has 5 heteroatoms. The molecule has 1 fully saturated rings. The summed E-state index contributed by atoms with van der Waals surface area (Å²) in [7, 11) is 0. The second kappa shape index (κ2) is 10.1. The average molecular weight is 413 g/mol. The normalized spacial score (nSPS) is 19.7. The van der Waals surface area contributed by atoms with Crippen LogP contribution in [0.4, 0.5) is 0 Å². The van der Waals surface area contributed by atoms with Crippen LogP contribution in [0, 0.1) is 0 Å². The van der Waals surface area contributed by atoms with E-state index in [-0.39, 0.29) is 25.1 Å². The summed E-state index contributed by atoms with van der Waals surface area (Å²) in [5, 5.41) is 16.0. The molecule has 0 aliphatic heterocycles. The van der Waals surface area contributed by atoms with Crippen LogP contribution in [-0.2, 0) is 0 Å². The molecule has 4 nitrogen and oxygen atoms in total. The third kappa shape index (κ3) is 5.69. The zero-order valence-electron chi connectivity index (χ0n) is 16.8. The van der Waals surface area contributed by atoms with Gasteiger partial charge in [-0.25, -0.2) is 0 Å². The van der Waals surface area contributed by atoms with Gasteiger partial charge in [-0.1, -0.05) is 48.0 Å². The van der Waals surface area contributed by atoms with Gasteiger partial charge in [0.2, 0.25) is 0 Å². The number of rotatable bonds is 8. The molecule has 3 rings (SSSR count). The van der Waals surface area contributed by atoms with E-state index in [1.807, 2.05) is 49.4 Å². The SMILES string of the molecule is C=C(C)[C@@H](NC1CC[C@H](c2ccc(C(=O)NCCO)cc2)C1)c1cccc(Cl)c1. The first-order valence-electron chi connectivity index (χ1n) is 10.1. The van der Waals surface area contributed by atoms with Crippen molar-refractivity contribution < 1.29 is 9.90 Å². The smallest absolute Gasteiger partial charge is 0.251 e. The van der Waals surface area contributed by atoms with E-state index in [4.69, 9.17) is 16.7 Å². The number of benzene rings is 2. The molecule has 2 aromatic rings. The van der Waals surface area contributed by atoms with E-state index in [1.54, 1.807) is 0 Å². The highest BCUT2D eigenvalue weighted by Gasteiger charge is 2.28. The van der Waals surface area contributed by atoms with Gasteiger partial charge in [-0.3, -0.25) is 4.79 Å². The lowest BCUT2D eigenvalue weighted by atomic mass is 9.95.